The topological polar surface area (TPSA) is 55.4 Å². The standard InChI is InChI=1S/C11H15NO3S/c1-3-15-11(14)10(12-8(2)13)6-9-4-5-16-7-9/h4-5,7,10H,3,6H2,1-2H3,(H,12,13). The van der Waals surface area contributed by atoms with Gasteiger partial charge in [-0.25, -0.2) is 4.79 Å². The van der Waals surface area contributed by atoms with E-state index in [1.807, 2.05) is 16.8 Å². The van der Waals surface area contributed by atoms with Crippen molar-refractivity contribution < 1.29 is 14.3 Å². The van der Waals surface area contributed by atoms with Gasteiger partial charge in [0.15, 0.2) is 0 Å². The van der Waals surface area contributed by atoms with E-state index in [1.54, 1.807) is 18.3 Å². The van der Waals surface area contributed by atoms with Crippen LogP contribution in [0.3, 0.4) is 0 Å². The maximum absolute atomic E-state index is 11.6. The molecule has 0 spiro atoms. The Kier molecular flexibility index (Phi) is 4.98. The van der Waals surface area contributed by atoms with E-state index in [4.69, 9.17) is 4.74 Å². The first-order chi connectivity index (χ1) is 7.63. The summed E-state index contributed by atoms with van der Waals surface area (Å²) in [7, 11) is 0. The molecular weight excluding hydrogens is 226 g/mol. The summed E-state index contributed by atoms with van der Waals surface area (Å²) >= 11 is 1.56. The molecular formula is C11H15NO3S. The lowest BCUT2D eigenvalue weighted by molar-refractivity contribution is -0.147. The molecule has 1 aromatic rings. The minimum Gasteiger partial charge on any atom is -0.464 e. The van der Waals surface area contributed by atoms with Crippen LogP contribution in [-0.2, 0) is 20.7 Å². The van der Waals surface area contributed by atoms with E-state index in [-0.39, 0.29) is 11.9 Å². The number of carbonyl (C=O) groups is 2. The molecule has 1 heterocycles. The van der Waals surface area contributed by atoms with Crippen molar-refractivity contribution in [3.63, 3.8) is 0 Å². The van der Waals surface area contributed by atoms with Crippen molar-refractivity contribution in [2.24, 2.45) is 0 Å². The van der Waals surface area contributed by atoms with Crippen LogP contribution in [0, 0.1) is 0 Å². The molecule has 0 bridgehead atoms. The molecule has 4 nitrogen and oxygen atoms in total. The summed E-state index contributed by atoms with van der Waals surface area (Å²) in [6.07, 6.45) is 0.474. The summed E-state index contributed by atoms with van der Waals surface area (Å²) in [5.74, 6) is -0.614. The van der Waals surface area contributed by atoms with Crippen LogP contribution in [0.2, 0.25) is 0 Å². The minimum absolute atomic E-state index is 0.228. The zero-order valence-electron chi connectivity index (χ0n) is 9.36. The fraction of sp³-hybridized carbons (Fsp3) is 0.455. The van der Waals surface area contributed by atoms with Gasteiger partial charge < -0.3 is 10.1 Å². The molecule has 1 N–H and O–H groups in total. The second kappa shape index (κ2) is 6.27. The predicted octanol–water partition coefficient (Wildman–Crippen LogP) is 1.36. The molecule has 0 aromatic carbocycles. The Morgan fingerprint density at radius 2 is 2.31 bits per heavy atom. The number of nitrogens with one attached hydrogen (secondary N) is 1. The van der Waals surface area contributed by atoms with Crippen molar-refractivity contribution in [1.82, 2.24) is 5.32 Å². The Labute approximate surface area is 98.6 Å². The van der Waals surface area contributed by atoms with Gasteiger partial charge in [0.1, 0.15) is 6.04 Å². The van der Waals surface area contributed by atoms with Crippen LogP contribution >= 0.6 is 11.3 Å². The van der Waals surface area contributed by atoms with E-state index >= 15 is 0 Å². The summed E-state index contributed by atoms with van der Waals surface area (Å²) in [6.45, 7) is 3.45. The minimum atomic E-state index is -0.591. The molecule has 16 heavy (non-hydrogen) atoms. The molecule has 0 aliphatic heterocycles. The first-order valence-corrected chi connectivity index (χ1v) is 6.02. The molecule has 1 rings (SSSR count). The number of esters is 1. The molecule has 5 heteroatoms. The van der Waals surface area contributed by atoms with Gasteiger partial charge in [-0.2, -0.15) is 11.3 Å². The van der Waals surface area contributed by atoms with Crippen molar-refractivity contribution >= 4 is 23.2 Å². The van der Waals surface area contributed by atoms with Gasteiger partial charge in [0.05, 0.1) is 6.61 Å². The van der Waals surface area contributed by atoms with Crippen molar-refractivity contribution in [3.05, 3.63) is 22.4 Å². The summed E-state index contributed by atoms with van der Waals surface area (Å²) in [5.41, 5.74) is 1.02. The van der Waals surface area contributed by atoms with Gasteiger partial charge in [0, 0.05) is 13.3 Å². The molecule has 0 aliphatic rings. The van der Waals surface area contributed by atoms with Crippen LogP contribution in [0.25, 0.3) is 0 Å². The lowest BCUT2D eigenvalue weighted by Crippen LogP contribution is -2.42. The average molecular weight is 241 g/mol. The monoisotopic (exact) mass is 241 g/mol. The molecule has 1 atom stereocenters. The van der Waals surface area contributed by atoms with Gasteiger partial charge in [-0.15, -0.1) is 0 Å². The summed E-state index contributed by atoms with van der Waals surface area (Å²) in [4.78, 5) is 22.5. The third kappa shape index (κ3) is 4.02. The van der Waals surface area contributed by atoms with Crippen LogP contribution < -0.4 is 5.32 Å². The lowest BCUT2D eigenvalue weighted by Gasteiger charge is -2.15. The molecule has 1 unspecified atom stereocenters. The van der Waals surface area contributed by atoms with E-state index in [9.17, 15) is 9.59 Å². The second-order valence-electron chi connectivity index (χ2n) is 3.34. The van der Waals surface area contributed by atoms with E-state index < -0.39 is 6.04 Å². The van der Waals surface area contributed by atoms with Gasteiger partial charge in [0.25, 0.3) is 0 Å². The Morgan fingerprint density at radius 1 is 1.56 bits per heavy atom. The summed E-state index contributed by atoms with van der Waals surface area (Å²) < 4.78 is 4.90. The Hall–Kier alpha value is -1.36. The number of amides is 1. The highest BCUT2D eigenvalue weighted by molar-refractivity contribution is 7.07. The van der Waals surface area contributed by atoms with Gasteiger partial charge >= 0.3 is 5.97 Å². The number of rotatable bonds is 5. The quantitative estimate of drug-likeness (QED) is 0.792. The zero-order chi connectivity index (χ0) is 12.0. The maximum Gasteiger partial charge on any atom is 0.328 e. The largest absolute Gasteiger partial charge is 0.464 e. The van der Waals surface area contributed by atoms with Crippen LogP contribution in [-0.4, -0.2) is 24.5 Å². The van der Waals surface area contributed by atoms with E-state index in [0.717, 1.165) is 5.56 Å². The molecule has 1 aromatic heterocycles. The first-order valence-electron chi connectivity index (χ1n) is 5.08. The molecule has 0 radical (unpaired) electrons. The average Bonchev–Trinajstić information content (AvgIpc) is 2.69. The van der Waals surface area contributed by atoms with Crippen molar-refractivity contribution in [1.29, 1.82) is 0 Å². The van der Waals surface area contributed by atoms with E-state index in [1.165, 1.54) is 6.92 Å². The SMILES string of the molecule is CCOC(=O)C(Cc1ccsc1)NC(C)=O. The third-order valence-electron chi connectivity index (χ3n) is 1.97. The Morgan fingerprint density at radius 3 is 2.81 bits per heavy atom. The highest BCUT2D eigenvalue weighted by atomic mass is 32.1. The van der Waals surface area contributed by atoms with Gasteiger partial charge in [-0.1, -0.05) is 0 Å². The number of hydrogen-bond acceptors (Lipinski definition) is 4. The predicted molar refractivity (Wildman–Crippen MR) is 62.3 cm³/mol. The fourth-order valence-corrected chi connectivity index (χ4v) is 2.01. The van der Waals surface area contributed by atoms with Crippen molar-refractivity contribution in [2.45, 2.75) is 26.3 Å². The van der Waals surface area contributed by atoms with Crippen LogP contribution in [0.1, 0.15) is 19.4 Å². The highest BCUT2D eigenvalue weighted by Gasteiger charge is 2.21. The van der Waals surface area contributed by atoms with Crippen molar-refractivity contribution in [2.75, 3.05) is 6.61 Å². The Balaban J connectivity index is 2.63. The Bertz CT molecular complexity index is 348. The molecule has 0 saturated carbocycles. The van der Waals surface area contributed by atoms with Gasteiger partial charge in [-0.3, -0.25) is 4.79 Å². The molecule has 88 valence electrons. The number of carbonyl (C=O) groups excluding carboxylic acids is 2. The van der Waals surface area contributed by atoms with Crippen LogP contribution in [0.5, 0.6) is 0 Å². The van der Waals surface area contributed by atoms with Crippen LogP contribution in [0.4, 0.5) is 0 Å². The normalized spacial score (nSPS) is 11.9. The number of ether oxygens (including phenoxy) is 1. The molecule has 0 fully saturated rings. The third-order valence-corrected chi connectivity index (χ3v) is 2.70. The first kappa shape index (κ1) is 12.7. The zero-order valence-corrected chi connectivity index (χ0v) is 10.2. The fourth-order valence-electron chi connectivity index (χ4n) is 1.33. The van der Waals surface area contributed by atoms with Gasteiger partial charge in [0.2, 0.25) is 5.91 Å². The summed E-state index contributed by atoms with van der Waals surface area (Å²) in [5, 5.41) is 6.48. The van der Waals surface area contributed by atoms with Crippen molar-refractivity contribution in [3.8, 4) is 0 Å². The molecule has 0 aliphatic carbocycles. The number of thiophene rings is 1. The molecule has 1 amide bonds. The highest BCUT2D eigenvalue weighted by Crippen LogP contribution is 2.09. The van der Waals surface area contributed by atoms with E-state index in [0.29, 0.717) is 13.0 Å². The second-order valence-corrected chi connectivity index (χ2v) is 4.12. The van der Waals surface area contributed by atoms with E-state index in [2.05, 4.69) is 5.32 Å². The van der Waals surface area contributed by atoms with Gasteiger partial charge in [-0.05, 0) is 29.3 Å². The smallest absolute Gasteiger partial charge is 0.328 e. The summed E-state index contributed by atoms with van der Waals surface area (Å²) in [6, 6.07) is 1.34. The van der Waals surface area contributed by atoms with Crippen LogP contribution in [0.15, 0.2) is 16.8 Å². The lowest BCUT2D eigenvalue weighted by atomic mass is 10.1. The molecule has 0 saturated heterocycles. The maximum atomic E-state index is 11.6. The number of hydrogen-bond donors (Lipinski definition) is 1.